The van der Waals surface area contributed by atoms with Gasteiger partial charge in [0.1, 0.15) is 0 Å². The van der Waals surface area contributed by atoms with Crippen LogP contribution in [-0.4, -0.2) is 53.9 Å². The molecule has 1 aromatic carbocycles. The number of hydrogen-bond acceptors (Lipinski definition) is 6. The number of carbonyl (C=O) groups excluding carboxylic acids is 1. The van der Waals surface area contributed by atoms with Crippen molar-refractivity contribution in [3.8, 4) is 0 Å². The standard InChI is InChI=1S/C22H27N3O3S/c1-17(25-11-8-22(9-12-25)27-13-14-28-22)21(26)24-19-6-4-5-18(15-19)16-29-20-7-2-3-10-23-20/h2-7,10,15,17H,8-9,11-14,16H2,1H3,(H,24,26). The summed E-state index contributed by atoms with van der Waals surface area (Å²) in [6, 6.07) is 13.7. The van der Waals surface area contributed by atoms with E-state index >= 15 is 0 Å². The number of ether oxygens (including phenoxy) is 2. The largest absolute Gasteiger partial charge is 0.347 e. The van der Waals surface area contributed by atoms with E-state index in [1.54, 1.807) is 18.0 Å². The first kappa shape index (κ1) is 20.3. The molecule has 2 aromatic rings. The second-order valence-corrected chi connectivity index (χ2v) is 8.46. The summed E-state index contributed by atoms with van der Waals surface area (Å²) in [5.74, 6) is 0.417. The molecule has 0 aliphatic carbocycles. The molecule has 1 amide bonds. The van der Waals surface area contributed by atoms with Crippen LogP contribution in [0.1, 0.15) is 25.3 Å². The van der Waals surface area contributed by atoms with Crippen molar-refractivity contribution in [2.24, 2.45) is 0 Å². The average Bonchev–Trinajstić information content (AvgIpc) is 3.21. The highest BCUT2D eigenvalue weighted by atomic mass is 32.2. The van der Waals surface area contributed by atoms with E-state index in [4.69, 9.17) is 9.47 Å². The summed E-state index contributed by atoms with van der Waals surface area (Å²) in [4.78, 5) is 19.3. The molecule has 4 rings (SSSR count). The molecule has 0 saturated carbocycles. The molecule has 1 aromatic heterocycles. The van der Waals surface area contributed by atoms with E-state index in [0.717, 1.165) is 48.0 Å². The van der Waals surface area contributed by atoms with Gasteiger partial charge in [-0.05, 0) is 36.8 Å². The highest BCUT2D eigenvalue weighted by molar-refractivity contribution is 7.98. The molecular formula is C22H27N3O3S. The number of nitrogens with zero attached hydrogens (tertiary/aromatic N) is 2. The average molecular weight is 414 g/mol. The number of nitrogens with one attached hydrogen (secondary N) is 1. The molecule has 2 saturated heterocycles. The third-order valence-corrected chi connectivity index (χ3v) is 6.53. The molecule has 0 radical (unpaired) electrons. The van der Waals surface area contributed by atoms with Crippen LogP contribution in [0.25, 0.3) is 0 Å². The van der Waals surface area contributed by atoms with Crippen molar-refractivity contribution in [3.05, 3.63) is 54.2 Å². The minimum absolute atomic E-state index is 0.0173. The van der Waals surface area contributed by atoms with Crippen LogP contribution in [0.2, 0.25) is 0 Å². The van der Waals surface area contributed by atoms with Gasteiger partial charge in [0.05, 0.1) is 24.3 Å². The predicted octanol–water partition coefficient (Wildman–Crippen LogP) is 3.54. The minimum Gasteiger partial charge on any atom is -0.347 e. The zero-order chi connectivity index (χ0) is 20.1. The van der Waals surface area contributed by atoms with Crippen LogP contribution in [0.4, 0.5) is 5.69 Å². The molecule has 1 atom stereocenters. The Balaban J connectivity index is 1.30. The number of piperidine rings is 1. The first-order valence-electron chi connectivity index (χ1n) is 10.1. The number of anilines is 1. The summed E-state index contributed by atoms with van der Waals surface area (Å²) in [6.45, 7) is 4.91. The third-order valence-electron chi connectivity index (χ3n) is 5.52. The smallest absolute Gasteiger partial charge is 0.241 e. The maximum absolute atomic E-state index is 12.8. The lowest BCUT2D eigenvalue weighted by molar-refractivity contribution is -0.187. The molecule has 7 heteroatoms. The van der Waals surface area contributed by atoms with Crippen molar-refractivity contribution in [2.75, 3.05) is 31.6 Å². The summed E-state index contributed by atoms with van der Waals surface area (Å²) in [7, 11) is 0. The van der Waals surface area contributed by atoms with Crippen molar-refractivity contribution in [1.29, 1.82) is 0 Å². The number of thioether (sulfide) groups is 1. The van der Waals surface area contributed by atoms with Gasteiger partial charge in [0.15, 0.2) is 5.79 Å². The maximum atomic E-state index is 12.8. The lowest BCUT2D eigenvalue weighted by Gasteiger charge is -2.39. The molecule has 1 N–H and O–H groups in total. The molecule has 154 valence electrons. The van der Waals surface area contributed by atoms with E-state index in [2.05, 4.69) is 21.3 Å². The number of carbonyl (C=O) groups is 1. The molecule has 29 heavy (non-hydrogen) atoms. The number of likely N-dealkylation sites (tertiary alicyclic amines) is 1. The minimum atomic E-state index is -0.410. The zero-order valence-electron chi connectivity index (χ0n) is 16.7. The molecule has 2 fully saturated rings. The van der Waals surface area contributed by atoms with Crippen LogP contribution < -0.4 is 5.32 Å². The van der Waals surface area contributed by atoms with Crippen molar-refractivity contribution in [1.82, 2.24) is 9.88 Å². The maximum Gasteiger partial charge on any atom is 0.241 e. The van der Waals surface area contributed by atoms with Crippen molar-refractivity contribution in [3.63, 3.8) is 0 Å². The number of pyridine rings is 1. The Morgan fingerprint density at radius 1 is 1.21 bits per heavy atom. The molecule has 1 spiro atoms. The van der Waals surface area contributed by atoms with Gasteiger partial charge in [0.25, 0.3) is 0 Å². The Kier molecular flexibility index (Phi) is 6.50. The van der Waals surface area contributed by atoms with Crippen molar-refractivity contribution < 1.29 is 14.3 Å². The van der Waals surface area contributed by atoms with E-state index in [1.807, 2.05) is 43.3 Å². The molecule has 2 aliphatic heterocycles. The van der Waals surface area contributed by atoms with E-state index in [9.17, 15) is 4.79 Å². The fourth-order valence-electron chi connectivity index (χ4n) is 3.78. The van der Waals surface area contributed by atoms with Crippen LogP contribution in [-0.2, 0) is 20.0 Å². The molecule has 6 nitrogen and oxygen atoms in total. The Bertz CT molecular complexity index is 817. The fraction of sp³-hybridized carbons (Fsp3) is 0.455. The van der Waals surface area contributed by atoms with Gasteiger partial charge in [0, 0.05) is 43.6 Å². The zero-order valence-corrected chi connectivity index (χ0v) is 17.5. The molecular weight excluding hydrogens is 386 g/mol. The second-order valence-electron chi connectivity index (χ2n) is 7.47. The van der Waals surface area contributed by atoms with Crippen molar-refractivity contribution >= 4 is 23.4 Å². The van der Waals surface area contributed by atoms with Crippen LogP contribution in [0, 0.1) is 0 Å². The van der Waals surface area contributed by atoms with Gasteiger partial charge in [0.2, 0.25) is 5.91 Å². The lowest BCUT2D eigenvalue weighted by atomic mass is 10.0. The van der Waals surface area contributed by atoms with E-state index in [0.29, 0.717) is 13.2 Å². The number of hydrogen-bond donors (Lipinski definition) is 1. The summed E-state index contributed by atoms with van der Waals surface area (Å²) in [6.07, 6.45) is 3.42. The topological polar surface area (TPSA) is 63.7 Å². The molecule has 1 unspecified atom stereocenters. The predicted molar refractivity (Wildman–Crippen MR) is 114 cm³/mol. The number of amides is 1. The Hall–Kier alpha value is -1.93. The van der Waals surface area contributed by atoms with Gasteiger partial charge in [-0.25, -0.2) is 4.98 Å². The molecule has 2 aliphatic rings. The normalized spacial score (nSPS) is 19.9. The van der Waals surface area contributed by atoms with Gasteiger partial charge in [-0.2, -0.15) is 0 Å². The van der Waals surface area contributed by atoms with Gasteiger partial charge in [-0.1, -0.05) is 18.2 Å². The van der Waals surface area contributed by atoms with Gasteiger partial charge >= 0.3 is 0 Å². The first-order valence-corrected chi connectivity index (χ1v) is 11.1. The van der Waals surface area contributed by atoms with E-state index in [-0.39, 0.29) is 11.9 Å². The van der Waals surface area contributed by atoms with Gasteiger partial charge in [-0.3, -0.25) is 9.69 Å². The number of rotatable bonds is 6. The van der Waals surface area contributed by atoms with Gasteiger partial charge in [-0.15, -0.1) is 11.8 Å². The fourth-order valence-corrected chi connectivity index (χ4v) is 4.58. The SMILES string of the molecule is CC(C(=O)Nc1cccc(CSc2ccccn2)c1)N1CCC2(CC1)OCCO2. The van der Waals surface area contributed by atoms with Crippen LogP contribution in [0.15, 0.2) is 53.7 Å². The first-order chi connectivity index (χ1) is 14.1. The van der Waals surface area contributed by atoms with Crippen LogP contribution in [0.5, 0.6) is 0 Å². The monoisotopic (exact) mass is 413 g/mol. The van der Waals surface area contributed by atoms with Crippen molar-refractivity contribution in [2.45, 2.75) is 42.4 Å². The van der Waals surface area contributed by atoms with E-state index < -0.39 is 5.79 Å². The summed E-state index contributed by atoms with van der Waals surface area (Å²) in [5, 5.41) is 4.06. The summed E-state index contributed by atoms with van der Waals surface area (Å²) in [5.41, 5.74) is 1.98. The summed E-state index contributed by atoms with van der Waals surface area (Å²) >= 11 is 1.68. The molecule has 0 bridgehead atoms. The number of benzene rings is 1. The quantitative estimate of drug-likeness (QED) is 0.731. The Morgan fingerprint density at radius 2 is 2.00 bits per heavy atom. The molecule has 3 heterocycles. The van der Waals surface area contributed by atoms with Crippen LogP contribution >= 0.6 is 11.8 Å². The second kappa shape index (κ2) is 9.26. The summed E-state index contributed by atoms with van der Waals surface area (Å²) < 4.78 is 11.6. The van der Waals surface area contributed by atoms with Crippen LogP contribution in [0.3, 0.4) is 0 Å². The number of aromatic nitrogens is 1. The highest BCUT2D eigenvalue weighted by Gasteiger charge is 2.41. The van der Waals surface area contributed by atoms with Gasteiger partial charge < -0.3 is 14.8 Å². The highest BCUT2D eigenvalue weighted by Crippen LogP contribution is 2.32. The lowest BCUT2D eigenvalue weighted by Crippen LogP contribution is -2.51. The third kappa shape index (κ3) is 5.17. The Labute approximate surface area is 176 Å². The Morgan fingerprint density at radius 3 is 2.72 bits per heavy atom. The van der Waals surface area contributed by atoms with E-state index in [1.165, 1.54) is 0 Å².